The second-order valence-corrected chi connectivity index (χ2v) is 3.01. The van der Waals surface area contributed by atoms with E-state index < -0.39 is 6.10 Å². The zero-order chi connectivity index (χ0) is 10.4. The van der Waals surface area contributed by atoms with E-state index in [0.717, 1.165) is 5.56 Å². The largest absolute Gasteiger partial charge is 0.467 e. The fraction of sp³-hybridized carbons (Fsp3) is 0.455. The molecular formula is C11H16O3. The molecule has 1 aromatic rings. The van der Waals surface area contributed by atoms with Crippen molar-refractivity contribution in [3.05, 3.63) is 29.8 Å². The van der Waals surface area contributed by atoms with Crippen molar-refractivity contribution < 1.29 is 14.6 Å². The van der Waals surface area contributed by atoms with E-state index in [1.165, 1.54) is 0 Å². The average Bonchev–Trinajstić information content (AvgIpc) is 2.25. The van der Waals surface area contributed by atoms with Crippen LogP contribution in [0.5, 0.6) is 5.75 Å². The van der Waals surface area contributed by atoms with Crippen LogP contribution in [-0.2, 0) is 4.74 Å². The Bertz CT molecular complexity index is 273. The van der Waals surface area contributed by atoms with Crippen LogP contribution < -0.4 is 4.74 Å². The maximum absolute atomic E-state index is 9.69. The number of benzene rings is 1. The number of methoxy groups -OCH3 is 1. The summed E-state index contributed by atoms with van der Waals surface area (Å²) in [5.41, 5.74) is 0.812. The highest BCUT2D eigenvalue weighted by Gasteiger charge is 2.10. The van der Waals surface area contributed by atoms with Crippen LogP contribution in [0.25, 0.3) is 0 Å². The molecule has 0 radical (unpaired) electrons. The Morgan fingerprint density at radius 1 is 1.36 bits per heavy atom. The van der Waals surface area contributed by atoms with Gasteiger partial charge in [0.1, 0.15) is 5.75 Å². The fourth-order valence-electron chi connectivity index (χ4n) is 1.23. The molecule has 14 heavy (non-hydrogen) atoms. The monoisotopic (exact) mass is 196 g/mol. The number of rotatable bonds is 5. The van der Waals surface area contributed by atoms with Gasteiger partial charge in [0.05, 0.1) is 6.10 Å². The minimum atomic E-state index is -0.469. The molecule has 0 spiro atoms. The van der Waals surface area contributed by atoms with Crippen molar-refractivity contribution in [2.24, 2.45) is 0 Å². The summed E-state index contributed by atoms with van der Waals surface area (Å²) in [7, 11) is 1.57. The normalized spacial score (nSPS) is 12.5. The molecule has 1 atom stereocenters. The summed E-state index contributed by atoms with van der Waals surface area (Å²) >= 11 is 0. The zero-order valence-electron chi connectivity index (χ0n) is 8.56. The van der Waals surface area contributed by atoms with Crippen molar-refractivity contribution >= 4 is 0 Å². The average molecular weight is 196 g/mol. The van der Waals surface area contributed by atoms with Gasteiger partial charge in [-0.1, -0.05) is 25.1 Å². The number of ether oxygens (including phenoxy) is 2. The molecule has 0 heterocycles. The van der Waals surface area contributed by atoms with E-state index in [2.05, 4.69) is 0 Å². The van der Waals surface area contributed by atoms with Crippen LogP contribution in [0.2, 0.25) is 0 Å². The second-order valence-electron chi connectivity index (χ2n) is 3.01. The molecule has 0 fully saturated rings. The number of hydrogen-bond donors (Lipinski definition) is 1. The minimum absolute atomic E-state index is 0.202. The third-order valence-electron chi connectivity index (χ3n) is 2.00. The Morgan fingerprint density at radius 3 is 2.71 bits per heavy atom. The number of aliphatic hydroxyl groups is 1. The molecule has 3 heteroatoms. The standard InChI is InChI=1S/C11H16O3/c1-3-10(12)9-6-4-5-7-11(9)14-8-13-2/h4-7,10,12H,3,8H2,1-2H3/t10-/m0/s1. The number of para-hydroxylation sites is 1. The maximum Gasteiger partial charge on any atom is 0.188 e. The molecule has 0 saturated carbocycles. The lowest BCUT2D eigenvalue weighted by atomic mass is 10.1. The lowest BCUT2D eigenvalue weighted by Gasteiger charge is -2.13. The van der Waals surface area contributed by atoms with Crippen LogP contribution in [-0.4, -0.2) is 19.0 Å². The van der Waals surface area contributed by atoms with Crippen molar-refractivity contribution in [2.45, 2.75) is 19.4 Å². The van der Waals surface area contributed by atoms with Crippen molar-refractivity contribution in [3.8, 4) is 5.75 Å². The summed E-state index contributed by atoms with van der Waals surface area (Å²) in [6.07, 6.45) is 0.205. The SMILES string of the molecule is CC[C@H](O)c1ccccc1OCOC. The molecule has 0 saturated heterocycles. The Morgan fingerprint density at radius 2 is 2.07 bits per heavy atom. The fourth-order valence-corrected chi connectivity index (χ4v) is 1.23. The first-order valence-corrected chi connectivity index (χ1v) is 4.68. The quantitative estimate of drug-likeness (QED) is 0.733. The van der Waals surface area contributed by atoms with Crippen molar-refractivity contribution in [1.29, 1.82) is 0 Å². The van der Waals surface area contributed by atoms with Crippen LogP contribution in [0.4, 0.5) is 0 Å². The van der Waals surface area contributed by atoms with Crippen molar-refractivity contribution in [3.63, 3.8) is 0 Å². The minimum Gasteiger partial charge on any atom is -0.467 e. The molecular weight excluding hydrogens is 180 g/mol. The highest BCUT2D eigenvalue weighted by molar-refractivity contribution is 5.34. The van der Waals surface area contributed by atoms with Gasteiger partial charge in [-0.05, 0) is 12.5 Å². The smallest absolute Gasteiger partial charge is 0.188 e. The molecule has 0 unspecified atom stereocenters. The first-order chi connectivity index (χ1) is 6.79. The molecule has 0 aliphatic rings. The van der Waals surface area contributed by atoms with E-state index in [1.807, 2.05) is 31.2 Å². The van der Waals surface area contributed by atoms with Crippen molar-refractivity contribution in [2.75, 3.05) is 13.9 Å². The zero-order valence-corrected chi connectivity index (χ0v) is 8.56. The molecule has 3 nitrogen and oxygen atoms in total. The van der Waals surface area contributed by atoms with Crippen LogP contribution in [0.3, 0.4) is 0 Å². The van der Waals surface area contributed by atoms with Crippen LogP contribution >= 0.6 is 0 Å². The lowest BCUT2D eigenvalue weighted by Crippen LogP contribution is -2.04. The Labute approximate surface area is 84.3 Å². The Balaban J connectivity index is 2.79. The predicted molar refractivity (Wildman–Crippen MR) is 54.2 cm³/mol. The molecule has 0 aliphatic carbocycles. The van der Waals surface area contributed by atoms with E-state index in [0.29, 0.717) is 12.2 Å². The van der Waals surface area contributed by atoms with Gasteiger partial charge in [0.25, 0.3) is 0 Å². The molecule has 0 aromatic heterocycles. The maximum atomic E-state index is 9.69. The van der Waals surface area contributed by atoms with Gasteiger partial charge in [-0.2, -0.15) is 0 Å². The molecule has 0 aliphatic heterocycles. The Hall–Kier alpha value is -1.06. The number of hydrogen-bond acceptors (Lipinski definition) is 3. The summed E-state index contributed by atoms with van der Waals surface area (Å²) in [5, 5.41) is 9.69. The van der Waals surface area contributed by atoms with Gasteiger partial charge < -0.3 is 14.6 Å². The summed E-state index contributed by atoms with van der Waals surface area (Å²) in [6.45, 7) is 2.13. The summed E-state index contributed by atoms with van der Waals surface area (Å²) in [4.78, 5) is 0. The summed E-state index contributed by atoms with van der Waals surface area (Å²) in [6, 6.07) is 7.44. The second kappa shape index (κ2) is 5.62. The van der Waals surface area contributed by atoms with Gasteiger partial charge in [0.15, 0.2) is 6.79 Å². The van der Waals surface area contributed by atoms with Gasteiger partial charge in [-0.15, -0.1) is 0 Å². The van der Waals surface area contributed by atoms with E-state index in [1.54, 1.807) is 7.11 Å². The van der Waals surface area contributed by atoms with Crippen LogP contribution in [0.15, 0.2) is 24.3 Å². The van der Waals surface area contributed by atoms with Crippen LogP contribution in [0.1, 0.15) is 25.0 Å². The molecule has 78 valence electrons. The van der Waals surface area contributed by atoms with E-state index in [9.17, 15) is 5.11 Å². The molecule has 1 rings (SSSR count). The van der Waals surface area contributed by atoms with Gasteiger partial charge in [-0.25, -0.2) is 0 Å². The molecule has 0 bridgehead atoms. The molecule has 0 amide bonds. The third-order valence-corrected chi connectivity index (χ3v) is 2.00. The first-order valence-electron chi connectivity index (χ1n) is 4.68. The lowest BCUT2D eigenvalue weighted by molar-refractivity contribution is 0.0478. The number of aliphatic hydroxyl groups excluding tert-OH is 1. The van der Waals surface area contributed by atoms with E-state index >= 15 is 0 Å². The summed E-state index contributed by atoms with van der Waals surface area (Å²) in [5.74, 6) is 0.684. The van der Waals surface area contributed by atoms with Crippen LogP contribution in [0, 0.1) is 0 Å². The first kappa shape index (κ1) is 11.0. The highest BCUT2D eigenvalue weighted by atomic mass is 16.7. The van der Waals surface area contributed by atoms with E-state index in [-0.39, 0.29) is 6.79 Å². The third kappa shape index (κ3) is 2.72. The van der Waals surface area contributed by atoms with Gasteiger partial charge in [0, 0.05) is 12.7 Å². The predicted octanol–water partition coefficient (Wildman–Crippen LogP) is 2.11. The van der Waals surface area contributed by atoms with Gasteiger partial charge >= 0.3 is 0 Å². The van der Waals surface area contributed by atoms with Gasteiger partial charge in [-0.3, -0.25) is 0 Å². The van der Waals surface area contributed by atoms with Crippen molar-refractivity contribution in [1.82, 2.24) is 0 Å². The Kier molecular flexibility index (Phi) is 4.43. The molecule has 1 N–H and O–H groups in total. The van der Waals surface area contributed by atoms with Gasteiger partial charge in [0.2, 0.25) is 0 Å². The van der Waals surface area contributed by atoms with E-state index in [4.69, 9.17) is 9.47 Å². The highest BCUT2D eigenvalue weighted by Crippen LogP contribution is 2.26. The molecule has 1 aromatic carbocycles. The topological polar surface area (TPSA) is 38.7 Å². The summed E-state index contributed by atoms with van der Waals surface area (Å²) < 4.78 is 10.1.